The number of Topliss-reactive ketones (excluding diaryl/α,β-unsaturated/α-hetero) is 2. The summed E-state index contributed by atoms with van der Waals surface area (Å²) in [5, 5.41) is 0. The second-order valence-electron chi connectivity index (χ2n) is 3.70. The van der Waals surface area contributed by atoms with Gasteiger partial charge in [-0.15, -0.1) is 0 Å². The second-order valence-corrected chi connectivity index (χ2v) is 3.70. The molecule has 0 aliphatic carbocycles. The lowest BCUT2D eigenvalue weighted by Gasteiger charge is -2.15. The summed E-state index contributed by atoms with van der Waals surface area (Å²) in [4.78, 5) is 22.4. The van der Waals surface area contributed by atoms with Crippen molar-refractivity contribution in [2.24, 2.45) is 0 Å². The molecule has 0 amide bonds. The second kappa shape index (κ2) is 9.48. The molecule has 0 aliphatic rings. The van der Waals surface area contributed by atoms with E-state index in [0.717, 1.165) is 25.7 Å². The van der Waals surface area contributed by atoms with Gasteiger partial charge in [-0.3, -0.25) is 9.59 Å². The number of ketones is 2. The van der Waals surface area contributed by atoms with Crippen LogP contribution in [0.1, 0.15) is 46.5 Å². The summed E-state index contributed by atoms with van der Waals surface area (Å²) in [6.07, 6.45) is 2.68. The molecule has 0 aliphatic heterocycles. The average Bonchev–Trinajstić information content (AvgIpc) is 2.26. The van der Waals surface area contributed by atoms with Crippen LogP contribution in [-0.4, -0.2) is 31.1 Å². The number of hydrogen-bond donors (Lipinski definition) is 0. The molecule has 4 heteroatoms. The number of hydrogen-bond acceptors (Lipinski definition) is 4. The first-order valence-corrected chi connectivity index (χ1v) is 5.91. The molecule has 0 bridgehead atoms. The van der Waals surface area contributed by atoms with Crippen LogP contribution in [0.25, 0.3) is 0 Å². The Morgan fingerprint density at radius 3 is 1.75 bits per heavy atom. The standard InChI is InChI=1S/C12H22O4/c1-4-6-8-15-12(11(14)10(3)13)16-9-7-5-2/h12H,4-9H2,1-3H3. The number of carbonyl (C=O) groups is 2. The minimum Gasteiger partial charge on any atom is -0.346 e. The van der Waals surface area contributed by atoms with E-state index in [0.29, 0.717) is 13.2 Å². The van der Waals surface area contributed by atoms with Gasteiger partial charge >= 0.3 is 0 Å². The van der Waals surface area contributed by atoms with Crippen LogP contribution >= 0.6 is 0 Å². The Labute approximate surface area is 97.3 Å². The SMILES string of the molecule is CCCCOC(OCCCC)C(=O)C(C)=O. The van der Waals surface area contributed by atoms with Crippen LogP contribution in [0.5, 0.6) is 0 Å². The first kappa shape index (κ1) is 15.3. The van der Waals surface area contributed by atoms with Crippen molar-refractivity contribution < 1.29 is 19.1 Å². The van der Waals surface area contributed by atoms with Gasteiger partial charge in [-0.05, 0) is 12.8 Å². The number of ether oxygens (including phenoxy) is 2. The van der Waals surface area contributed by atoms with E-state index >= 15 is 0 Å². The van der Waals surface area contributed by atoms with Gasteiger partial charge in [-0.25, -0.2) is 0 Å². The molecule has 94 valence electrons. The van der Waals surface area contributed by atoms with Gasteiger partial charge in [0, 0.05) is 6.92 Å². The fourth-order valence-electron chi connectivity index (χ4n) is 1.03. The number of carbonyl (C=O) groups excluding carboxylic acids is 2. The summed E-state index contributed by atoms with van der Waals surface area (Å²) in [5.74, 6) is -1.11. The zero-order chi connectivity index (χ0) is 12.4. The molecular weight excluding hydrogens is 208 g/mol. The summed E-state index contributed by atoms with van der Waals surface area (Å²) in [6, 6.07) is 0. The minimum atomic E-state index is -1.00. The van der Waals surface area contributed by atoms with Crippen LogP contribution < -0.4 is 0 Å². The highest BCUT2D eigenvalue weighted by Crippen LogP contribution is 2.02. The van der Waals surface area contributed by atoms with Crippen LogP contribution in [0.3, 0.4) is 0 Å². The van der Waals surface area contributed by atoms with Crippen LogP contribution in [0.4, 0.5) is 0 Å². The molecule has 4 nitrogen and oxygen atoms in total. The molecule has 0 fully saturated rings. The highest BCUT2D eigenvalue weighted by atomic mass is 16.7. The summed E-state index contributed by atoms with van der Waals surface area (Å²) < 4.78 is 10.5. The van der Waals surface area contributed by atoms with Crippen LogP contribution in [-0.2, 0) is 19.1 Å². The molecule has 16 heavy (non-hydrogen) atoms. The Balaban J connectivity index is 4.05. The van der Waals surface area contributed by atoms with E-state index in [-0.39, 0.29) is 0 Å². The highest BCUT2D eigenvalue weighted by molar-refractivity contribution is 6.37. The predicted molar refractivity (Wildman–Crippen MR) is 61.2 cm³/mol. The third kappa shape index (κ3) is 6.69. The van der Waals surface area contributed by atoms with E-state index in [9.17, 15) is 9.59 Å². The van der Waals surface area contributed by atoms with E-state index in [1.54, 1.807) is 0 Å². The summed E-state index contributed by atoms with van der Waals surface area (Å²) in [7, 11) is 0. The molecule has 0 atom stereocenters. The van der Waals surface area contributed by atoms with Crippen LogP contribution in [0.15, 0.2) is 0 Å². The average molecular weight is 230 g/mol. The summed E-state index contributed by atoms with van der Waals surface area (Å²) in [5.41, 5.74) is 0. The molecule has 0 radical (unpaired) electrons. The summed E-state index contributed by atoms with van der Waals surface area (Å²) >= 11 is 0. The molecule has 0 unspecified atom stereocenters. The maximum absolute atomic E-state index is 11.4. The highest BCUT2D eigenvalue weighted by Gasteiger charge is 2.23. The Bertz CT molecular complexity index is 203. The van der Waals surface area contributed by atoms with Crippen molar-refractivity contribution in [3.05, 3.63) is 0 Å². The number of unbranched alkanes of at least 4 members (excludes halogenated alkanes) is 2. The van der Waals surface area contributed by atoms with Crippen LogP contribution in [0, 0.1) is 0 Å². The molecule has 0 aromatic rings. The van der Waals surface area contributed by atoms with Gasteiger partial charge in [0.1, 0.15) is 0 Å². The summed E-state index contributed by atoms with van der Waals surface area (Å²) in [6.45, 7) is 6.20. The van der Waals surface area contributed by atoms with Gasteiger partial charge in [0.15, 0.2) is 0 Å². The van der Waals surface area contributed by atoms with Crippen molar-refractivity contribution in [2.75, 3.05) is 13.2 Å². The molecule has 0 saturated heterocycles. The molecule has 0 heterocycles. The van der Waals surface area contributed by atoms with Crippen molar-refractivity contribution in [1.29, 1.82) is 0 Å². The molecule has 0 aromatic carbocycles. The molecular formula is C12H22O4. The van der Waals surface area contributed by atoms with E-state index in [2.05, 4.69) is 0 Å². The predicted octanol–water partition coefficient (Wildman–Crippen LogP) is 2.10. The first-order valence-electron chi connectivity index (χ1n) is 5.91. The van der Waals surface area contributed by atoms with Crippen molar-refractivity contribution in [2.45, 2.75) is 52.7 Å². The minimum absolute atomic E-state index is 0.451. The zero-order valence-electron chi connectivity index (χ0n) is 10.5. The van der Waals surface area contributed by atoms with Crippen molar-refractivity contribution in [3.63, 3.8) is 0 Å². The Morgan fingerprint density at radius 2 is 1.44 bits per heavy atom. The Hall–Kier alpha value is -0.740. The van der Waals surface area contributed by atoms with Crippen LogP contribution in [0.2, 0.25) is 0 Å². The number of rotatable bonds is 10. The van der Waals surface area contributed by atoms with Gasteiger partial charge in [0.25, 0.3) is 5.78 Å². The van der Waals surface area contributed by atoms with E-state index in [4.69, 9.17) is 9.47 Å². The van der Waals surface area contributed by atoms with Gasteiger partial charge in [0.05, 0.1) is 13.2 Å². The maximum atomic E-state index is 11.4. The molecule has 0 rings (SSSR count). The lowest BCUT2D eigenvalue weighted by atomic mass is 10.2. The first-order chi connectivity index (χ1) is 7.63. The largest absolute Gasteiger partial charge is 0.346 e. The Morgan fingerprint density at radius 1 is 1.00 bits per heavy atom. The molecule has 0 saturated carbocycles. The third-order valence-electron chi connectivity index (χ3n) is 2.10. The van der Waals surface area contributed by atoms with Gasteiger partial charge < -0.3 is 9.47 Å². The van der Waals surface area contributed by atoms with Gasteiger partial charge in [-0.1, -0.05) is 26.7 Å². The third-order valence-corrected chi connectivity index (χ3v) is 2.10. The Kier molecular flexibility index (Phi) is 9.04. The smallest absolute Gasteiger partial charge is 0.253 e. The van der Waals surface area contributed by atoms with E-state index in [1.165, 1.54) is 6.92 Å². The fraction of sp³-hybridized carbons (Fsp3) is 0.833. The van der Waals surface area contributed by atoms with Gasteiger partial charge in [0.2, 0.25) is 12.1 Å². The molecule has 0 aromatic heterocycles. The zero-order valence-corrected chi connectivity index (χ0v) is 10.5. The normalized spacial score (nSPS) is 10.8. The maximum Gasteiger partial charge on any atom is 0.253 e. The van der Waals surface area contributed by atoms with E-state index < -0.39 is 17.9 Å². The van der Waals surface area contributed by atoms with E-state index in [1.807, 2.05) is 13.8 Å². The quantitative estimate of drug-likeness (QED) is 0.327. The fourth-order valence-corrected chi connectivity index (χ4v) is 1.03. The van der Waals surface area contributed by atoms with Gasteiger partial charge in [-0.2, -0.15) is 0 Å². The van der Waals surface area contributed by atoms with Crippen molar-refractivity contribution >= 4 is 11.6 Å². The monoisotopic (exact) mass is 230 g/mol. The van der Waals surface area contributed by atoms with Crippen molar-refractivity contribution in [3.8, 4) is 0 Å². The topological polar surface area (TPSA) is 52.6 Å². The van der Waals surface area contributed by atoms with Crippen molar-refractivity contribution in [1.82, 2.24) is 0 Å². The molecule has 0 spiro atoms. The lowest BCUT2D eigenvalue weighted by molar-refractivity contribution is -0.173. The molecule has 0 N–H and O–H groups in total. The lowest BCUT2D eigenvalue weighted by Crippen LogP contribution is -2.32.